The average Bonchev–Trinajstić information content (AvgIpc) is 3.31. The molecule has 1 aliphatic heterocycles. The van der Waals surface area contributed by atoms with Gasteiger partial charge in [-0.3, -0.25) is 9.59 Å². The van der Waals surface area contributed by atoms with Crippen molar-refractivity contribution in [2.45, 2.75) is 38.5 Å². The fourth-order valence-electron chi connectivity index (χ4n) is 4.33. The Balaban J connectivity index is 1.41. The van der Waals surface area contributed by atoms with E-state index in [1.165, 1.54) is 47.3 Å². The molecule has 8 nitrogen and oxygen atoms in total. The predicted molar refractivity (Wildman–Crippen MR) is 130 cm³/mol. The number of halogens is 4. The fraction of sp³-hybridized carbons (Fsp3) is 0.346. The van der Waals surface area contributed by atoms with Gasteiger partial charge in [0.2, 0.25) is 5.91 Å². The lowest BCUT2D eigenvalue weighted by Crippen LogP contribution is -2.47. The first kappa shape index (κ1) is 27.0. The van der Waals surface area contributed by atoms with Crippen molar-refractivity contribution in [3.8, 4) is 0 Å². The molecule has 3 aromatic rings. The zero-order valence-corrected chi connectivity index (χ0v) is 20.8. The summed E-state index contributed by atoms with van der Waals surface area (Å²) < 4.78 is 53.0. The maximum atomic E-state index is 13.3. The van der Waals surface area contributed by atoms with E-state index in [1.54, 1.807) is 23.8 Å². The summed E-state index contributed by atoms with van der Waals surface area (Å²) in [6, 6.07) is 8.56. The highest BCUT2D eigenvalue weighted by Crippen LogP contribution is 2.31. The molecule has 2 aromatic carbocycles. The third kappa shape index (κ3) is 6.42. The van der Waals surface area contributed by atoms with Gasteiger partial charge in [-0.1, -0.05) is 6.07 Å². The van der Waals surface area contributed by atoms with Crippen molar-refractivity contribution in [1.82, 2.24) is 30.0 Å². The van der Waals surface area contributed by atoms with Crippen molar-refractivity contribution in [1.29, 1.82) is 0 Å². The Hall–Kier alpha value is -4.09. The summed E-state index contributed by atoms with van der Waals surface area (Å²) in [4.78, 5) is 30.0. The predicted octanol–water partition coefficient (Wildman–Crippen LogP) is 3.96. The average molecular weight is 531 g/mol. The van der Waals surface area contributed by atoms with Gasteiger partial charge in [-0.2, -0.15) is 18.0 Å². The number of aryl methyl sites for hydroxylation is 1. The Kier molecular flexibility index (Phi) is 7.88. The second kappa shape index (κ2) is 11.1. The van der Waals surface area contributed by atoms with E-state index < -0.39 is 17.6 Å². The molecule has 2 amide bonds. The number of hydrogen-bond donors (Lipinski definition) is 0. The molecule has 1 fully saturated rings. The van der Waals surface area contributed by atoms with E-state index in [9.17, 15) is 27.2 Å². The minimum Gasteiger partial charge on any atom is -0.339 e. The van der Waals surface area contributed by atoms with Gasteiger partial charge in [0.05, 0.1) is 12.1 Å². The second-order valence-electron chi connectivity index (χ2n) is 9.09. The van der Waals surface area contributed by atoms with Crippen LogP contribution in [0.15, 0.2) is 48.5 Å². The standard InChI is InChI=1S/C26H26F4N6O2/c1-17-31-33-36(32-17)16-20-15-21(26(28,29)30)7-3-18(20)6-10-24(37)35-13-11-23(12-14-35)34(2)25(38)19-4-8-22(27)9-5-19/h3-10,15,23H,11-14,16H2,1-2H3. The van der Waals surface area contributed by atoms with Gasteiger partial charge in [0.15, 0.2) is 5.82 Å². The van der Waals surface area contributed by atoms with Gasteiger partial charge >= 0.3 is 6.18 Å². The number of alkyl halides is 3. The van der Waals surface area contributed by atoms with Crippen LogP contribution in [-0.4, -0.2) is 68.0 Å². The maximum absolute atomic E-state index is 13.3. The lowest BCUT2D eigenvalue weighted by atomic mass is 10.0. The SMILES string of the molecule is Cc1nnn(Cc2cc(C(F)(F)F)ccc2C=CC(=O)N2CCC(N(C)C(=O)c3ccc(F)cc3)CC2)n1. The van der Waals surface area contributed by atoms with E-state index in [-0.39, 0.29) is 24.4 Å². The van der Waals surface area contributed by atoms with Crippen LogP contribution in [0.5, 0.6) is 0 Å². The van der Waals surface area contributed by atoms with Crippen LogP contribution in [0.4, 0.5) is 17.6 Å². The molecule has 0 bridgehead atoms. The lowest BCUT2D eigenvalue weighted by molar-refractivity contribution is -0.137. The molecule has 1 aliphatic rings. The Morgan fingerprint density at radius 2 is 1.79 bits per heavy atom. The van der Waals surface area contributed by atoms with Crippen molar-refractivity contribution in [3.63, 3.8) is 0 Å². The minimum absolute atomic E-state index is 0.0432. The fourth-order valence-corrected chi connectivity index (χ4v) is 4.33. The highest BCUT2D eigenvalue weighted by Gasteiger charge is 2.31. The van der Waals surface area contributed by atoms with E-state index in [0.29, 0.717) is 48.4 Å². The number of likely N-dealkylation sites (tertiary alicyclic amines) is 1. The van der Waals surface area contributed by atoms with Crippen LogP contribution < -0.4 is 0 Å². The molecule has 2 heterocycles. The quantitative estimate of drug-likeness (QED) is 0.356. The summed E-state index contributed by atoms with van der Waals surface area (Å²) in [5.41, 5.74) is 0.301. The summed E-state index contributed by atoms with van der Waals surface area (Å²) in [7, 11) is 1.69. The smallest absolute Gasteiger partial charge is 0.339 e. The van der Waals surface area contributed by atoms with Gasteiger partial charge in [0.1, 0.15) is 5.82 Å². The number of rotatable bonds is 6. The van der Waals surface area contributed by atoms with E-state index >= 15 is 0 Å². The second-order valence-corrected chi connectivity index (χ2v) is 9.09. The number of benzene rings is 2. The first-order valence-electron chi connectivity index (χ1n) is 12.0. The third-order valence-corrected chi connectivity index (χ3v) is 6.48. The molecule has 200 valence electrons. The van der Waals surface area contributed by atoms with Gasteiger partial charge in [0.25, 0.3) is 5.91 Å². The monoisotopic (exact) mass is 530 g/mol. The summed E-state index contributed by atoms with van der Waals surface area (Å²) in [6.45, 7) is 2.40. The topological polar surface area (TPSA) is 84.2 Å². The molecule has 0 radical (unpaired) electrons. The molecule has 1 saturated heterocycles. The molecule has 0 N–H and O–H groups in total. The largest absolute Gasteiger partial charge is 0.416 e. The zero-order chi connectivity index (χ0) is 27.4. The molecule has 0 unspecified atom stereocenters. The highest BCUT2D eigenvalue weighted by atomic mass is 19.4. The summed E-state index contributed by atoms with van der Waals surface area (Å²) in [5, 5.41) is 11.6. The Morgan fingerprint density at radius 3 is 2.39 bits per heavy atom. The Morgan fingerprint density at radius 1 is 1.11 bits per heavy atom. The number of tetrazole rings is 1. The molecular formula is C26H26F4N6O2. The van der Waals surface area contributed by atoms with E-state index in [1.807, 2.05) is 0 Å². The van der Waals surface area contributed by atoms with Crippen molar-refractivity contribution >= 4 is 17.9 Å². The van der Waals surface area contributed by atoms with Gasteiger partial charge < -0.3 is 9.80 Å². The van der Waals surface area contributed by atoms with E-state index in [2.05, 4.69) is 15.4 Å². The van der Waals surface area contributed by atoms with Crippen LogP contribution in [0.25, 0.3) is 6.08 Å². The number of piperidine rings is 1. The molecule has 4 rings (SSSR count). The summed E-state index contributed by atoms with van der Waals surface area (Å²) in [5.74, 6) is -0.534. The number of hydrogen-bond acceptors (Lipinski definition) is 5. The molecule has 0 aliphatic carbocycles. The molecular weight excluding hydrogens is 504 g/mol. The normalized spacial score (nSPS) is 14.7. The highest BCUT2D eigenvalue weighted by molar-refractivity contribution is 5.94. The van der Waals surface area contributed by atoms with Crippen molar-refractivity contribution in [3.05, 3.63) is 82.4 Å². The van der Waals surface area contributed by atoms with Crippen LogP contribution in [0.3, 0.4) is 0 Å². The first-order valence-corrected chi connectivity index (χ1v) is 12.0. The number of carbonyl (C=O) groups is 2. The van der Waals surface area contributed by atoms with Gasteiger partial charge in [-0.25, -0.2) is 4.39 Å². The molecule has 38 heavy (non-hydrogen) atoms. The summed E-state index contributed by atoms with van der Waals surface area (Å²) in [6.07, 6.45) is -0.580. The Labute approximate surface area is 216 Å². The van der Waals surface area contributed by atoms with Crippen molar-refractivity contribution in [2.75, 3.05) is 20.1 Å². The van der Waals surface area contributed by atoms with Crippen LogP contribution in [0.2, 0.25) is 0 Å². The van der Waals surface area contributed by atoms with Crippen LogP contribution in [0, 0.1) is 12.7 Å². The van der Waals surface area contributed by atoms with E-state index in [0.717, 1.165) is 12.1 Å². The van der Waals surface area contributed by atoms with E-state index in [4.69, 9.17) is 0 Å². The zero-order valence-electron chi connectivity index (χ0n) is 20.8. The molecule has 0 spiro atoms. The van der Waals surface area contributed by atoms with Gasteiger partial charge in [0, 0.05) is 37.8 Å². The first-order chi connectivity index (χ1) is 18.0. The van der Waals surface area contributed by atoms with Crippen LogP contribution >= 0.6 is 0 Å². The number of nitrogens with zero attached hydrogens (tertiary/aromatic N) is 6. The Bertz CT molecular complexity index is 1330. The number of carbonyl (C=O) groups excluding carboxylic acids is 2. The molecule has 0 saturated carbocycles. The van der Waals surface area contributed by atoms with Crippen LogP contribution in [0.1, 0.15) is 45.7 Å². The van der Waals surface area contributed by atoms with Gasteiger partial charge in [-0.15, -0.1) is 10.2 Å². The molecule has 12 heteroatoms. The maximum Gasteiger partial charge on any atom is 0.416 e. The molecule has 0 atom stereocenters. The number of aromatic nitrogens is 4. The lowest BCUT2D eigenvalue weighted by Gasteiger charge is -2.36. The third-order valence-electron chi connectivity index (χ3n) is 6.48. The summed E-state index contributed by atoms with van der Waals surface area (Å²) >= 11 is 0. The van der Waals surface area contributed by atoms with Gasteiger partial charge in [-0.05, 0) is 78.6 Å². The van der Waals surface area contributed by atoms with Crippen molar-refractivity contribution < 1.29 is 27.2 Å². The number of amides is 2. The van der Waals surface area contributed by atoms with Crippen LogP contribution in [-0.2, 0) is 17.5 Å². The minimum atomic E-state index is -4.52. The molecule has 1 aromatic heterocycles. The van der Waals surface area contributed by atoms with Crippen molar-refractivity contribution in [2.24, 2.45) is 0 Å².